The van der Waals surface area contributed by atoms with Crippen LogP contribution in [0.5, 0.6) is 5.75 Å². The lowest BCUT2D eigenvalue weighted by Gasteiger charge is -2.33. The molecular weight excluding hydrogens is 367 g/mol. The Balaban J connectivity index is 1.36. The summed E-state index contributed by atoms with van der Waals surface area (Å²) in [4.78, 5) is 0. The fourth-order valence-electron chi connectivity index (χ4n) is 3.19. The maximum Gasteiger partial charge on any atom is 0.476 e. The molecule has 1 fully saturated rings. The van der Waals surface area contributed by atoms with E-state index in [0.29, 0.717) is 19.6 Å². The molecule has 0 amide bonds. The first-order chi connectivity index (χ1) is 12.9. The van der Waals surface area contributed by atoms with Gasteiger partial charge in [0.25, 0.3) is 0 Å². The van der Waals surface area contributed by atoms with Gasteiger partial charge in [0.15, 0.2) is 0 Å². The van der Waals surface area contributed by atoms with Gasteiger partial charge in [-0.25, -0.2) is 4.57 Å². The molecule has 0 radical (unpaired) electrons. The number of hydrogen-bond acceptors (Lipinski definition) is 6. The molecule has 150 valence electrons. The van der Waals surface area contributed by atoms with Gasteiger partial charge in [-0.2, -0.15) is 0 Å². The molecule has 2 aliphatic heterocycles. The Morgan fingerprint density at radius 1 is 1.19 bits per heavy atom. The zero-order valence-corrected chi connectivity index (χ0v) is 17.2. The number of rotatable bonds is 8. The number of phosphoric ester groups is 1. The van der Waals surface area contributed by atoms with Crippen LogP contribution in [0.1, 0.15) is 45.1 Å². The molecule has 1 aromatic rings. The van der Waals surface area contributed by atoms with E-state index in [4.69, 9.17) is 23.0 Å². The lowest BCUT2D eigenvalue weighted by molar-refractivity contribution is -0.0139. The van der Waals surface area contributed by atoms with Crippen LogP contribution < -0.4 is 4.74 Å². The number of benzene rings is 1. The highest BCUT2D eigenvalue weighted by Crippen LogP contribution is 2.59. The van der Waals surface area contributed by atoms with Crippen molar-refractivity contribution in [3.63, 3.8) is 0 Å². The van der Waals surface area contributed by atoms with Gasteiger partial charge in [0.1, 0.15) is 5.75 Å². The second-order valence-electron chi connectivity index (χ2n) is 7.50. The van der Waals surface area contributed by atoms with Crippen LogP contribution in [0.4, 0.5) is 0 Å². The van der Waals surface area contributed by atoms with Crippen LogP contribution in [0.15, 0.2) is 36.4 Å². The van der Waals surface area contributed by atoms with Crippen LogP contribution in [-0.4, -0.2) is 31.5 Å². The van der Waals surface area contributed by atoms with E-state index < -0.39 is 13.4 Å². The maximum absolute atomic E-state index is 12.7. The molecule has 1 aromatic carbocycles. The minimum absolute atomic E-state index is 0.116. The van der Waals surface area contributed by atoms with Gasteiger partial charge in [-0.1, -0.05) is 24.3 Å². The molecule has 3 rings (SSSR count). The Hall–Kier alpha value is -1.17. The Labute approximate surface area is 161 Å². The van der Waals surface area contributed by atoms with E-state index in [0.717, 1.165) is 30.6 Å². The zero-order valence-electron chi connectivity index (χ0n) is 16.3. The normalized spacial score (nSPS) is 29.3. The van der Waals surface area contributed by atoms with E-state index >= 15 is 0 Å². The van der Waals surface area contributed by atoms with Crippen molar-refractivity contribution in [2.24, 2.45) is 0 Å². The minimum atomic E-state index is -3.50. The van der Waals surface area contributed by atoms with E-state index in [2.05, 4.69) is 0 Å². The third-order valence-corrected chi connectivity index (χ3v) is 6.37. The first-order valence-electron chi connectivity index (χ1n) is 9.45. The summed E-state index contributed by atoms with van der Waals surface area (Å²) in [7, 11) is -1.84. The molecule has 1 saturated heterocycles. The Kier molecular flexibility index (Phi) is 6.77. The van der Waals surface area contributed by atoms with Crippen molar-refractivity contribution in [2.45, 2.75) is 63.9 Å². The first-order valence-corrected chi connectivity index (χ1v) is 10.9. The summed E-state index contributed by atoms with van der Waals surface area (Å²) in [5.41, 5.74) is 0.478. The summed E-state index contributed by atoms with van der Waals surface area (Å²) in [6.45, 7) is 4.97. The molecule has 0 N–H and O–H groups in total. The van der Waals surface area contributed by atoms with Crippen molar-refractivity contribution in [3.8, 4) is 5.75 Å². The molecule has 7 heteroatoms. The second kappa shape index (κ2) is 8.89. The summed E-state index contributed by atoms with van der Waals surface area (Å²) in [5, 5.41) is 0. The monoisotopic (exact) mass is 396 g/mol. The molecule has 0 spiro atoms. The van der Waals surface area contributed by atoms with Gasteiger partial charge in [0.2, 0.25) is 0 Å². The van der Waals surface area contributed by atoms with Crippen molar-refractivity contribution >= 4 is 7.82 Å². The summed E-state index contributed by atoms with van der Waals surface area (Å²) in [6.07, 6.45) is 6.89. The average molecular weight is 396 g/mol. The standard InChI is InChI=1S/C20H29O6P/c1-20(2)12-11-19-14-18(24-27(21,25-19)26-20)6-4-5-13-23-15-16-7-9-17(22-3)10-8-16/h7-12,18-19H,4-6,13-15H2,1-3H3/t18-,19-,27+/m0/s1. The predicted molar refractivity (Wildman–Crippen MR) is 103 cm³/mol. The first kappa shape index (κ1) is 20.6. The van der Waals surface area contributed by atoms with Gasteiger partial charge in [-0.15, -0.1) is 0 Å². The van der Waals surface area contributed by atoms with Crippen LogP contribution in [-0.2, 0) is 29.5 Å². The lowest BCUT2D eigenvalue weighted by atomic mass is 10.0. The molecule has 3 atom stereocenters. The van der Waals surface area contributed by atoms with Gasteiger partial charge in [-0.3, -0.25) is 13.6 Å². The van der Waals surface area contributed by atoms with Crippen molar-refractivity contribution in [1.29, 1.82) is 0 Å². The number of hydrogen-bond donors (Lipinski definition) is 0. The minimum Gasteiger partial charge on any atom is -0.497 e. The van der Waals surface area contributed by atoms with Crippen LogP contribution in [0.25, 0.3) is 0 Å². The van der Waals surface area contributed by atoms with Crippen molar-refractivity contribution in [1.82, 2.24) is 0 Å². The zero-order chi connectivity index (χ0) is 19.3. The molecule has 0 unspecified atom stereocenters. The van der Waals surface area contributed by atoms with Crippen molar-refractivity contribution in [2.75, 3.05) is 13.7 Å². The molecule has 6 nitrogen and oxygen atoms in total. The molecule has 2 aliphatic rings. The second-order valence-corrected chi connectivity index (χ2v) is 9.00. The number of ether oxygens (including phenoxy) is 2. The van der Waals surface area contributed by atoms with Gasteiger partial charge in [0.05, 0.1) is 31.5 Å². The molecular formula is C20H29O6P. The molecule has 27 heavy (non-hydrogen) atoms. The number of phosphoric acid groups is 1. The topological polar surface area (TPSA) is 63.2 Å². The number of methoxy groups -OCH3 is 1. The molecule has 2 heterocycles. The highest BCUT2D eigenvalue weighted by atomic mass is 31.2. The lowest BCUT2D eigenvalue weighted by Crippen LogP contribution is -2.28. The van der Waals surface area contributed by atoms with E-state index in [-0.39, 0.29) is 12.2 Å². The van der Waals surface area contributed by atoms with Gasteiger partial charge >= 0.3 is 7.82 Å². The molecule has 0 aliphatic carbocycles. The summed E-state index contributed by atoms with van der Waals surface area (Å²) in [5.74, 6) is 0.844. The number of unbranched alkanes of at least 4 members (excludes halogenated alkanes) is 1. The van der Waals surface area contributed by atoms with E-state index in [1.165, 1.54) is 0 Å². The fraction of sp³-hybridized carbons (Fsp3) is 0.600. The largest absolute Gasteiger partial charge is 0.497 e. The van der Waals surface area contributed by atoms with Crippen LogP contribution in [0.2, 0.25) is 0 Å². The van der Waals surface area contributed by atoms with Gasteiger partial charge in [0, 0.05) is 13.0 Å². The quantitative estimate of drug-likeness (QED) is 0.349. The third-order valence-electron chi connectivity index (χ3n) is 4.59. The third kappa shape index (κ3) is 6.16. The van der Waals surface area contributed by atoms with Crippen LogP contribution >= 0.6 is 7.82 Å². The van der Waals surface area contributed by atoms with Crippen molar-refractivity contribution in [3.05, 3.63) is 42.0 Å². The predicted octanol–water partition coefficient (Wildman–Crippen LogP) is 5.03. The Morgan fingerprint density at radius 3 is 2.70 bits per heavy atom. The summed E-state index contributed by atoms with van der Waals surface area (Å²) >= 11 is 0. The van der Waals surface area contributed by atoms with Crippen molar-refractivity contribution < 1.29 is 27.6 Å². The van der Waals surface area contributed by atoms with E-state index in [1.807, 2.05) is 50.3 Å². The van der Waals surface area contributed by atoms with Gasteiger partial charge in [-0.05, 0) is 50.8 Å². The molecule has 0 aromatic heterocycles. The SMILES string of the molecule is COc1ccc(COCCCC[C@H]2C[C@@H]3C=CC(C)(C)O[P@](=O)(O2)O3)cc1. The van der Waals surface area contributed by atoms with Crippen LogP contribution in [0.3, 0.4) is 0 Å². The number of fused-ring (bicyclic) bond motifs is 2. The molecule has 2 bridgehead atoms. The Morgan fingerprint density at radius 2 is 1.96 bits per heavy atom. The van der Waals surface area contributed by atoms with E-state index in [9.17, 15) is 4.57 Å². The summed E-state index contributed by atoms with van der Waals surface area (Å²) < 4.78 is 40.3. The van der Waals surface area contributed by atoms with Gasteiger partial charge < -0.3 is 9.47 Å². The highest BCUT2D eigenvalue weighted by Gasteiger charge is 2.44. The average Bonchev–Trinajstić information content (AvgIpc) is 2.70. The Bertz CT molecular complexity index is 684. The maximum atomic E-state index is 12.7. The fourth-order valence-corrected chi connectivity index (χ4v) is 5.01. The highest BCUT2D eigenvalue weighted by molar-refractivity contribution is 7.48. The van der Waals surface area contributed by atoms with E-state index in [1.54, 1.807) is 7.11 Å². The van der Waals surface area contributed by atoms with Crippen LogP contribution in [0, 0.1) is 0 Å². The summed E-state index contributed by atoms with van der Waals surface area (Å²) in [6, 6.07) is 7.87. The smallest absolute Gasteiger partial charge is 0.476 e. The molecule has 0 saturated carbocycles.